The summed E-state index contributed by atoms with van der Waals surface area (Å²) in [6.07, 6.45) is 0. The van der Waals surface area contributed by atoms with E-state index in [1.165, 1.54) is 0 Å². The average molecular weight is 265 g/mol. The zero-order valence-corrected chi connectivity index (χ0v) is 11.1. The molecular formula is C17H13O3+. The first kappa shape index (κ1) is 11.3. The Bertz CT molecular complexity index is 808. The summed E-state index contributed by atoms with van der Waals surface area (Å²) < 4.78 is 17.1. The van der Waals surface area contributed by atoms with Crippen LogP contribution < -0.4 is 9.47 Å². The van der Waals surface area contributed by atoms with Crippen LogP contribution in [0.4, 0.5) is 0 Å². The Morgan fingerprint density at radius 3 is 2.90 bits per heavy atom. The summed E-state index contributed by atoms with van der Waals surface area (Å²) in [5.74, 6) is 2.49. The first-order valence-electron chi connectivity index (χ1n) is 6.51. The van der Waals surface area contributed by atoms with Crippen molar-refractivity contribution in [2.24, 2.45) is 0 Å². The second-order valence-electron chi connectivity index (χ2n) is 4.79. The van der Waals surface area contributed by atoms with E-state index in [4.69, 9.17) is 13.9 Å². The molecule has 1 aliphatic heterocycles. The van der Waals surface area contributed by atoms with Gasteiger partial charge in [-0.25, -0.2) is 4.42 Å². The maximum atomic E-state index is 6.07. The van der Waals surface area contributed by atoms with E-state index in [-0.39, 0.29) is 0 Å². The van der Waals surface area contributed by atoms with Crippen LogP contribution in [0, 0.1) is 0 Å². The van der Waals surface area contributed by atoms with E-state index in [9.17, 15) is 0 Å². The fourth-order valence-corrected chi connectivity index (χ4v) is 2.55. The molecule has 20 heavy (non-hydrogen) atoms. The lowest BCUT2D eigenvalue weighted by atomic mass is 10.0. The van der Waals surface area contributed by atoms with Gasteiger partial charge in [0.25, 0.3) is 0 Å². The van der Waals surface area contributed by atoms with Gasteiger partial charge in [-0.05, 0) is 24.3 Å². The van der Waals surface area contributed by atoms with Gasteiger partial charge in [-0.1, -0.05) is 12.1 Å². The number of methoxy groups -OCH3 is 1. The molecule has 2 aromatic carbocycles. The Morgan fingerprint density at radius 1 is 1.10 bits per heavy atom. The molecule has 3 nitrogen and oxygen atoms in total. The molecule has 0 radical (unpaired) electrons. The third kappa shape index (κ3) is 1.63. The predicted molar refractivity (Wildman–Crippen MR) is 76.9 cm³/mol. The number of benzene rings is 2. The Hall–Kier alpha value is -2.55. The lowest BCUT2D eigenvalue weighted by Crippen LogP contribution is -2.05. The van der Waals surface area contributed by atoms with Crippen molar-refractivity contribution in [2.75, 3.05) is 7.11 Å². The first-order valence-corrected chi connectivity index (χ1v) is 6.51. The van der Waals surface area contributed by atoms with E-state index in [1.807, 2.05) is 42.5 Å². The summed E-state index contributed by atoms with van der Waals surface area (Å²) in [6.45, 7) is 0.531. The van der Waals surface area contributed by atoms with Gasteiger partial charge in [-0.2, -0.15) is 0 Å². The van der Waals surface area contributed by atoms with Gasteiger partial charge in [-0.3, -0.25) is 0 Å². The van der Waals surface area contributed by atoms with E-state index < -0.39 is 0 Å². The molecule has 0 aliphatic carbocycles. The normalized spacial score (nSPS) is 12.4. The van der Waals surface area contributed by atoms with Crippen LogP contribution in [0.1, 0.15) is 5.56 Å². The van der Waals surface area contributed by atoms with Crippen molar-refractivity contribution in [2.45, 2.75) is 6.61 Å². The summed E-state index contributed by atoms with van der Waals surface area (Å²) in [5, 5.41) is 1.08. The largest absolute Gasteiger partial charge is 0.497 e. The lowest BCUT2D eigenvalue weighted by molar-refractivity contribution is 0.295. The van der Waals surface area contributed by atoms with Crippen LogP contribution in [0.25, 0.3) is 22.3 Å². The van der Waals surface area contributed by atoms with E-state index >= 15 is 0 Å². The van der Waals surface area contributed by atoms with Gasteiger partial charge in [0.2, 0.25) is 0 Å². The van der Waals surface area contributed by atoms with Crippen molar-refractivity contribution in [1.82, 2.24) is 0 Å². The van der Waals surface area contributed by atoms with Crippen molar-refractivity contribution >= 4 is 11.0 Å². The molecule has 0 amide bonds. The third-order valence-electron chi connectivity index (χ3n) is 3.57. The van der Waals surface area contributed by atoms with E-state index in [0.29, 0.717) is 6.61 Å². The van der Waals surface area contributed by atoms with Crippen LogP contribution in [-0.2, 0) is 6.61 Å². The number of hydrogen-bond donors (Lipinski definition) is 0. The topological polar surface area (TPSA) is 29.8 Å². The highest BCUT2D eigenvalue weighted by molar-refractivity contribution is 5.82. The fraction of sp³-hybridized carbons (Fsp3) is 0.118. The number of fused-ring (bicyclic) bond motifs is 4. The number of para-hydroxylation sites is 1. The summed E-state index contributed by atoms with van der Waals surface area (Å²) in [5.41, 5.74) is 2.88. The van der Waals surface area contributed by atoms with Gasteiger partial charge in [0.05, 0.1) is 18.1 Å². The SMILES string of the molecule is COc1ccc2c(c1)-c1[o+]c3ccccc3cc1CO2. The molecule has 0 bridgehead atoms. The molecule has 0 spiro atoms. The highest BCUT2D eigenvalue weighted by Gasteiger charge is 2.29. The van der Waals surface area contributed by atoms with Crippen LogP contribution in [0.5, 0.6) is 11.5 Å². The van der Waals surface area contributed by atoms with E-state index in [1.54, 1.807) is 7.11 Å². The Balaban J connectivity index is 2.00. The zero-order valence-electron chi connectivity index (χ0n) is 11.1. The summed E-state index contributed by atoms with van der Waals surface area (Å²) in [7, 11) is 1.66. The second kappa shape index (κ2) is 4.23. The number of rotatable bonds is 1. The minimum Gasteiger partial charge on any atom is -0.497 e. The molecule has 2 heterocycles. The Kier molecular flexibility index (Phi) is 2.39. The van der Waals surface area contributed by atoms with Crippen LogP contribution in [0.3, 0.4) is 0 Å². The molecule has 0 saturated heterocycles. The second-order valence-corrected chi connectivity index (χ2v) is 4.79. The molecule has 0 saturated carbocycles. The third-order valence-corrected chi connectivity index (χ3v) is 3.57. The lowest BCUT2D eigenvalue weighted by Gasteiger charge is -2.15. The smallest absolute Gasteiger partial charge is 0.371 e. The average Bonchev–Trinajstić information content (AvgIpc) is 2.52. The van der Waals surface area contributed by atoms with E-state index in [2.05, 4.69) is 6.07 Å². The summed E-state index contributed by atoms with van der Waals surface area (Å²) in [4.78, 5) is 0. The van der Waals surface area contributed by atoms with Crippen LogP contribution >= 0.6 is 0 Å². The molecule has 0 unspecified atom stereocenters. The Morgan fingerprint density at radius 2 is 2.00 bits per heavy atom. The van der Waals surface area contributed by atoms with Gasteiger partial charge < -0.3 is 9.47 Å². The number of ether oxygens (including phenoxy) is 2. The van der Waals surface area contributed by atoms with Crippen molar-refractivity contribution < 1.29 is 13.9 Å². The number of hydrogen-bond acceptors (Lipinski definition) is 2. The molecule has 0 fully saturated rings. The van der Waals surface area contributed by atoms with Crippen molar-refractivity contribution in [3.63, 3.8) is 0 Å². The monoisotopic (exact) mass is 265 g/mol. The van der Waals surface area contributed by atoms with Crippen LogP contribution in [0.15, 0.2) is 52.9 Å². The van der Waals surface area contributed by atoms with Gasteiger partial charge in [-0.15, -0.1) is 0 Å². The molecule has 3 heteroatoms. The summed E-state index contributed by atoms with van der Waals surface area (Å²) in [6, 6.07) is 15.9. The maximum Gasteiger partial charge on any atom is 0.371 e. The van der Waals surface area contributed by atoms with Crippen molar-refractivity contribution in [3.8, 4) is 22.8 Å². The molecule has 1 aliphatic rings. The Labute approximate surface area is 116 Å². The molecule has 3 aromatic rings. The standard InChI is InChI=1S/C17H13O3/c1-18-13-6-7-16-14(9-13)17-12(10-19-16)8-11-4-2-3-5-15(11)20-17/h2-9H,10H2,1H3/q+1. The molecular weight excluding hydrogens is 252 g/mol. The van der Waals surface area contributed by atoms with Crippen LogP contribution in [-0.4, -0.2) is 7.11 Å². The molecule has 4 rings (SSSR count). The predicted octanol–water partition coefficient (Wildman–Crippen LogP) is 4.28. The first-order chi connectivity index (χ1) is 9.85. The minimum absolute atomic E-state index is 0.531. The summed E-state index contributed by atoms with van der Waals surface area (Å²) >= 11 is 0. The van der Waals surface area contributed by atoms with E-state index in [0.717, 1.165) is 39.4 Å². The van der Waals surface area contributed by atoms with Crippen molar-refractivity contribution in [1.29, 1.82) is 0 Å². The highest BCUT2D eigenvalue weighted by atomic mass is 16.5. The highest BCUT2D eigenvalue weighted by Crippen LogP contribution is 2.41. The van der Waals surface area contributed by atoms with Crippen molar-refractivity contribution in [3.05, 3.63) is 54.1 Å². The fourth-order valence-electron chi connectivity index (χ4n) is 2.55. The minimum atomic E-state index is 0.531. The quantitative estimate of drug-likeness (QED) is 0.615. The van der Waals surface area contributed by atoms with Crippen LogP contribution in [0.2, 0.25) is 0 Å². The zero-order chi connectivity index (χ0) is 13.5. The van der Waals surface area contributed by atoms with Gasteiger partial charge in [0.15, 0.2) is 0 Å². The molecule has 0 N–H and O–H groups in total. The van der Waals surface area contributed by atoms with Gasteiger partial charge in [0.1, 0.15) is 23.7 Å². The molecule has 0 atom stereocenters. The van der Waals surface area contributed by atoms with Gasteiger partial charge in [0, 0.05) is 12.1 Å². The molecule has 1 aromatic heterocycles. The van der Waals surface area contributed by atoms with Gasteiger partial charge >= 0.3 is 11.3 Å². The maximum absolute atomic E-state index is 6.07. The molecule has 98 valence electrons.